The Labute approximate surface area is 143 Å². The van der Waals surface area contributed by atoms with E-state index >= 15 is 0 Å². The minimum atomic E-state index is -0.660. The number of hydrogen-bond donors (Lipinski definition) is 1. The van der Waals surface area contributed by atoms with E-state index in [1.807, 2.05) is 18.2 Å². The molecule has 0 aliphatic heterocycles. The zero-order valence-corrected chi connectivity index (χ0v) is 13.7. The molecule has 0 aliphatic rings. The molecule has 0 radical (unpaired) electrons. The minimum absolute atomic E-state index is 0.306. The first kappa shape index (κ1) is 15.7. The molecule has 0 unspecified atom stereocenters. The highest BCUT2D eigenvalue weighted by molar-refractivity contribution is 8.01. The van der Waals surface area contributed by atoms with Gasteiger partial charge in [-0.3, -0.25) is 20.2 Å². The molecule has 0 atom stereocenters. The van der Waals surface area contributed by atoms with Crippen LogP contribution >= 0.6 is 35.7 Å². The van der Waals surface area contributed by atoms with Gasteiger partial charge in [0, 0.05) is 11.0 Å². The maximum atomic E-state index is 11.2. The fourth-order valence-corrected chi connectivity index (χ4v) is 4.36. The Balaban J connectivity index is 2.02. The number of hydrogen-bond acceptors (Lipinski definition) is 8. The van der Waals surface area contributed by atoms with Gasteiger partial charge in [-0.05, 0) is 18.2 Å². The molecule has 0 bridgehead atoms. The summed E-state index contributed by atoms with van der Waals surface area (Å²) in [5.41, 5.74) is 0.102. The summed E-state index contributed by atoms with van der Waals surface area (Å²) in [7, 11) is 0. The molecule has 0 saturated heterocycles. The summed E-state index contributed by atoms with van der Waals surface area (Å²) in [6.07, 6.45) is 0. The van der Waals surface area contributed by atoms with Gasteiger partial charge in [0.2, 0.25) is 0 Å². The second kappa shape index (κ2) is 6.14. The molecular weight excluding hydrogens is 358 g/mol. The number of non-ortho nitro benzene ring substituents is 1. The van der Waals surface area contributed by atoms with E-state index in [9.17, 15) is 20.2 Å². The van der Waals surface area contributed by atoms with E-state index in [1.54, 1.807) is 0 Å². The van der Waals surface area contributed by atoms with E-state index in [4.69, 9.17) is 0 Å². The van der Waals surface area contributed by atoms with Crippen molar-refractivity contribution < 1.29 is 9.85 Å². The number of aromatic nitrogens is 1. The van der Waals surface area contributed by atoms with Crippen LogP contribution in [0.15, 0.2) is 50.5 Å². The zero-order chi connectivity index (χ0) is 16.6. The Bertz CT molecular complexity index is 941. The van der Waals surface area contributed by atoms with Crippen molar-refractivity contribution in [2.45, 2.75) is 14.1 Å². The van der Waals surface area contributed by atoms with Crippen molar-refractivity contribution in [1.82, 2.24) is 4.98 Å². The van der Waals surface area contributed by atoms with Gasteiger partial charge >= 0.3 is 0 Å². The number of fused-ring (bicyclic) bond motifs is 1. The lowest BCUT2D eigenvalue weighted by molar-refractivity contribution is -0.396. The molecular formula is C13H7N3O4S3. The molecule has 7 nitrogen and oxygen atoms in total. The molecule has 2 aromatic carbocycles. The summed E-state index contributed by atoms with van der Waals surface area (Å²) < 4.78 is 1.53. The van der Waals surface area contributed by atoms with Crippen LogP contribution < -0.4 is 0 Å². The van der Waals surface area contributed by atoms with Crippen molar-refractivity contribution >= 4 is 57.3 Å². The number of benzene rings is 2. The van der Waals surface area contributed by atoms with E-state index in [-0.39, 0.29) is 11.4 Å². The largest absolute Gasteiger partial charge is 0.290 e. The maximum Gasteiger partial charge on any atom is 0.290 e. The van der Waals surface area contributed by atoms with Crippen molar-refractivity contribution in [2.24, 2.45) is 0 Å². The number of thiol groups is 1. The highest BCUT2D eigenvalue weighted by Gasteiger charge is 2.21. The normalized spacial score (nSPS) is 10.8. The minimum Gasteiger partial charge on any atom is -0.258 e. The van der Waals surface area contributed by atoms with Gasteiger partial charge in [0.05, 0.1) is 31.0 Å². The molecule has 0 amide bonds. The molecule has 0 spiro atoms. The third-order valence-corrected chi connectivity index (χ3v) is 5.43. The Morgan fingerprint density at radius 2 is 1.91 bits per heavy atom. The number of para-hydroxylation sites is 1. The SMILES string of the molecule is O=[N+]([O-])c1ccc(Sc2nc3c(S)cccc3s2)c([N+](=O)[O-])c1. The monoisotopic (exact) mass is 365 g/mol. The summed E-state index contributed by atoms with van der Waals surface area (Å²) in [6.45, 7) is 0. The molecule has 3 rings (SSSR count). The van der Waals surface area contributed by atoms with Crippen molar-refractivity contribution in [3.8, 4) is 0 Å². The van der Waals surface area contributed by atoms with Gasteiger partial charge in [0.1, 0.15) is 0 Å². The summed E-state index contributed by atoms with van der Waals surface area (Å²) in [4.78, 5) is 26.1. The third-order valence-electron chi connectivity index (χ3n) is 2.93. The predicted octanol–water partition coefficient (Wildman–Crippen LogP) is 4.55. The molecule has 1 aromatic heterocycles. The van der Waals surface area contributed by atoms with Gasteiger partial charge in [-0.15, -0.1) is 24.0 Å². The molecule has 0 fully saturated rings. The standard InChI is InChI=1S/C13H7N3O4S3/c17-15(18)7-4-5-10(8(6-7)16(19)20)22-13-14-12-9(21)2-1-3-11(12)23-13/h1-6,21H. The number of nitro benzene ring substituents is 2. The first-order chi connectivity index (χ1) is 11.0. The fourth-order valence-electron chi connectivity index (χ4n) is 1.90. The highest BCUT2D eigenvalue weighted by Crippen LogP contribution is 2.40. The molecule has 116 valence electrons. The second-order valence-electron chi connectivity index (χ2n) is 4.37. The number of rotatable bonds is 4. The van der Waals surface area contributed by atoms with E-state index in [0.717, 1.165) is 32.9 Å². The van der Waals surface area contributed by atoms with Crippen LogP contribution in [0, 0.1) is 20.2 Å². The summed E-state index contributed by atoms with van der Waals surface area (Å²) >= 11 is 6.82. The van der Waals surface area contributed by atoms with Crippen LogP contribution in [0.5, 0.6) is 0 Å². The number of thiazole rings is 1. The Kier molecular flexibility index (Phi) is 4.20. The smallest absolute Gasteiger partial charge is 0.258 e. The first-order valence-electron chi connectivity index (χ1n) is 6.15. The van der Waals surface area contributed by atoms with E-state index in [2.05, 4.69) is 17.6 Å². The summed E-state index contributed by atoms with van der Waals surface area (Å²) in [5.74, 6) is 0. The second-order valence-corrected chi connectivity index (χ2v) is 7.17. The van der Waals surface area contributed by atoms with Crippen LogP contribution in [0.3, 0.4) is 0 Å². The van der Waals surface area contributed by atoms with Crippen LogP contribution in [-0.4, -0.2) is 14.8 Å². The quantitative estimate of drug-likeness (QED) is 0.413. The van der Waals surface area contributed by atoms with E-state index in [1.165, 1.54) is 23.5 Å². The van der Waals surface area contributed by atoms with Crippen molar-refractivity contribution in [1.29, 1.82) is 0 Å². The Morgan fingerprint density at radius 1 is 1.13 bits per heavy atom. The zero-order valence-electron chi connectivity index (χ0n) is 11.2. The van der Waals surface area contributed by atoms with Gasteiger partial charge in [-0.25, -0.2) is 4.98 Å². The van der Waals surface area contributed by atoms with E-state index in [0.29, 0.717) is 9.24 Å². The van der Waals surface area contributed by atoms with Gasteiger partial charge in [-0.1, -0.05) is 17.8 Å². The molecule has 1 heterocycles. The molecule has 23 heavy (non-hydrogen) atoms. The molecule has 10 heteroatoms. The summed E-state index contributed by atoms with van der Waals surface area (Å²) in [6, 6.07) is 9.13. The van der Waals surface area contributed by atoms with Gasteiger partial charge in [0.25, 0.3) is 11.4 Å². The average molecular weight is 365 g/mol. The summed E-state index contributed by atoms with van der Waals surface area (Å²) in [5, 5.41) is 21.9. The van der Waals surface area contributed by atoms with Gasteiger partial charge in [0.15, 0.2) is 4.34 Å². The maximum absolute atomic E-state index is 11.2. The van der Waals surface area contributed by atoms with Crippen LogP contribution in [-0.2, 0) is 0 Å². The number of nitro groups is 2. The molecule has 0 N–H and O–H groups in total. The van der Waals surface area contributed by atoms with Crippen LogP contribution in [0.25, 0.3) is 10.2 Å². The van der Waals surface area contributed by atoms with Crippen LogP contribution in [0.1, 0.15) is 0 Å². The van der Waals surface area contributed by atoms with Crippen LogP contribution in [0.4, 0.5) is 11.4 Å². The van der Waals surface area contributed by atoms with Crippen molar-refractivity contribution in [3.05, 3.63) is 56.6 Å². The first-order valence-corrected chi connectivity index (χ1v) is 8.23. The van der Waals surface area contributed by atoms with Crippen molar-refractivity contribution in [2.75, 3.05) is 0 Å². The van der Waals surface area contributed by atoms with Gasteiger partial charge < -0.3 is 0 Å². The average Bonchev–Trinajstić information content (AvgIpc) is 2.91. The van der Waals surface area contributed by atoms with Crippen molar-refractivity contribution in [3.63, 3.8) is 0 Å². The Hall–Kier alpha value is -2.17. The topological polar surface area (TPSA) is 99.2 Å². The predicted molar refractivity (Wildman–Crippen MR) is 90.7 cm³/mol. The van der Waals surface area contributed by atoms with Gasteiger partial charge in [-0.2, -0.15) is 0 Å². The lowest BCUT2D eigenvalue weighted by Gasteiger charge is -2.00. The number of nitrogens with zero attached hydrogens (tertiary/aromatic N) is 3. The molecule has 0 saturated carbocycles. The lowest BCUT2D eigenvalue weighted by atomic mass is 10.3. The lowest BCUT2D eigenvalue weighted by Crippen LogP contribution is -1.94. The highest BCUT2D eigenvalue weighted by atomic mass is 32.2. The fraction of sp³-hybridized carbons (Fsp3) is 0. The molecule has 3 aromatic rings. The molecule has 0 aliphatic carbocycles. The Morgan fingerprint density at radius 3 is 2.57 bits per heavy atom. The van der Waals surface area contributed by atoms with Crippen LogP contribution in [0.2, 0.25) is 0 Å². The third kappa shape index (κ3) is 3.14. The van der Waals surface area contributed by atoms with E-state index < -0.39 is 9.85 Å².